The van der Waals surface area contributed by atoms with Crippen molar-refractivity contribution in [2.45, 2.75) is 76.7 Å². The number of aliphatic hydroxyl groups excluding tert-OH is 1. The van der Waals surface area contributed by atoms with Gasteiger partial charge in [0.1, 0.15) is 46.2 Å². The highest BCUT2D eigenvalue weighted by Crippen LogP contribution is 2.49. The summed E-state index contributed by atoms with van der Waals surface area (Å²) in [6.07, 6.45) is 1.30. The molecule has 9 N–H and O–H groups in total. The maximum absolute atomic E-state index is 13.0. The molecule has 6 aliphatic heterocycles. The molecule has 0 bridgehead atoms. The summed E-state index contributed by atoms with van der Waals surface area (Å²) < 4.78 is 48.3. The molecule has 696 valence electrons. The van der Waals surface area contributed by atoms with Crippen LogP contribution in [0, 0.1) is 0 Å². The maximum atomic E-state index is 13.0. The van der Waals surface area contributed by atoms with E-state index in [1.807, 2.05) is 109 Å². The van der Waals surface area contributed by atoms with E-state index in [0.29, 0.717) is 146 Å². The molecule has 27 nitrogen and oxygen atoms in total. The Morgan fingerprint density at radius 2 is 0.881 bits per heavy atom. The first-order valence-electron chi connectivity index (χ1n) is 44.2. The van der Waals surface area contributed by atoms with Crippen molar-refractivity contribution in [2.75, 3.05) is 107 Å². The Morgan fingerprint density at radius 1 is 0.467 bits per heavy atom. The van der Waals surface area contributed by atoms with Crippen LogP contribution in [0.15, 0.2) is 214 Å². The Balaban J connectivity index is 0.000000117. The van der Waals surface area contributed by atoms with E-state index in [1.165, 1.54) is 23.7 Å². The van der Waals surface area contributed by atoms with Crippen LogP contribution in [-0.2, 0) is 64.4 Å². The van der Waals surface area contributed by atoms with E-state index in [2.05, 4.69) is 81.1 Å². The summed E-state index contributed by atoms with van der Waals surface area (Å²) in [5.74, 6) is 2.94. The maximum Gasteiger partial charge on any atom is 0.410 e. The highest BCUT2D eigenvalue weighted by molar-refractivity contribution is 7.18. The van der Waals surface area contributed by atoms with Gasteiger partial charge in [-0.1, -0.05) is 84.9 Å². The predicted molar refractivity (Wildman–Crippen MR) is 522 cm³/mol. The molecule has 1 aliphatic carbocycles. The van der Waals surface area contributed by atoms with E-state index in [-0.39, 0.29) is 96.0 Å². The topological polar surface area (TPSA) is 350 Å². The van der Waals surface area contributed by atoms with Crippen molar-refractivity contribution in [2.24, 2.45) is 0 Å². The number of benzene rings is 9. The number of cyclic esters (lactones) is 1. The lowest BCUT2D eigenvalue weighted by Gasteiger charge is -2.34. The highest BCUT2D eigenvalue weighted by Gasteiger charge is 2.40. The Morgan fingerprint density at radius 3 is 1.28 bits per heavy atom. The third-order valence-electron chi connectivity index (χ3n) is 24.5. The van der Waals surface area contributed by atoms with Crippen molar-refractivity contribution in [3.05, 3.63) is 247 Å². The van der Waals surface area contributed by atoms with E-state index >= 15 is 0 Å². The zero-order chi connectivity index (χ0) is 94.1. The largest absolute Gasteiger partial charge is 0.504 e. The number of phenolic OH excluding ortho intramolecular Hbond substituents is 4. The number of Topliss-reactive ketones (excluding diaryl/α,β-unsaturated/α-hetero) is 1. The number of aliphatic hydroxyl groups is 1. The Bertz CT molecular complexity index is 6840. The van der Waals surface area contributed by atoms with Crippen molar-refractivity contribution < 1.29 is 103 Å². The number of nitrogens with one attached hydrogen (secondary N) is 1. The monoisotopic (exact) mass is 1910 g/mol. The molecule has 21 rings (SSSR count). The van der Waals surface area contributed by atoms with Gasteiger partial charge >= 0.3 is 6.09 Å². The highest BCUT2D eigenvalue weighted by atomic mass is 32.1. The van der Waals surface area contributed by atoms with Gasteiger partial charge in [0.05, 0.1) is 60.0 Å². The molecular formula is C103H100N7O20S5+. The van der Waals surface area contributed by atoms with Gasteiger partial charge in [-0.3, -0.25) is 33.7 Å². The number of methoxy groups -OCH3 is 3. The molecule has 6 amide bonds. The normalized spacial score (nSPS) is 16.4. The molecule has 135 heavy (non-hydrogen) atoms. The van der Waals surface area contributed by atoms with Gasteiger partial charge in [0.2, 0.25) is 23.6 Å². The van der Waals surface area contributed by atoms with Crippen LogP contribution in [0.5, 0.6) is 57.5 Å². The van der Waals surface area contributed by atoms with Crippen LogP contribution in [0.3, 0.4) is 0 Å². The first kappa shape index (κ1) is 93.2. The number of allylic oxidation sites excluding steroid dienone is 2. The van der Waals surface area contributed by atoms with E-state index in [0.717, 1.165) is 110 Å². The minimum atomic E-state index is -0.532. The molecule has 2 unspecified atom stereocenters. The number of hydrogen-bond acceptors (Lipinski definition) is 25. The summed E-state index contributed by atoms with van der Waals surface area (Å²) in [6, 6.07) is 56.9. The number of ether oxygens (including phenoxy) is 8. The molecule has 1 fully saturated rings. The van der Waals surface area contributed by atoms with Crippen molar-refractivity contribution >= 4 is 138 Å². The van der Waals surface area contributed by atoms with Gasteiger partial charge in [0.25, 0.3) is 5.91 Å². The number of aromatic hydroxyl groups is 4. The molecule has 3 atom stereocenters. The van der Waals surface area contributed by atoms with E-state index in [1.54, 1.807) is 129 Å². The van der Waals surface area contributed by atoms with Gasteiger partial charge in [-0.05, 0) is 165 Å². The van der Waals surface area contributed by atoms with Crippen LogP contribution in [-0.4, -0.2) is 204 Å². The lowest BCUT2D eigenvalue weighted by Crippen LogP contribution is -2.66. The van der Waals surface area contributed by atoms with E-state index in [9.17, 15) is 54.0 Å². The SMILES string of the molecule is COCCC(=O)N1CCOc2c(O)cc(-c3csc4ccccc34)cc2C1.COc1ccc(C2CC(=O)C3=C(C2)NC(=O)CC3c2cccs2)cc1OC.C[C@H]([NH3+])C(=O)N1CCOc2c(O)cc(-c3csc4ccccc34)cc2C1.O=C(CN1CCOC1=O)N1CCOc2c(O)cc(-c3csc4ccccc34)cc2C1.O=C(CO)N1CCOc2c(O)cc(-c3csc4ccccc34)cc2C1. The average Bonchev–Trinajstić information content (AvgIpc) is 1.22. The minimum Gasteiger partial charge on any atom is -0.504 e. The number of amides is 6. The second-order valence-corrected chi connectivity index (χ2v) is 37.9. The zero-order valence-electron chi connectivity index (χ0n) is 74.6. The van der Waals surface area contributed by atoms with E-state index < -0.39 is 12.7 Å². The van der Waals surface area contributed by atoms with Crippen molar-refractivity contribution in [3.8, 4) is 102 Å². The van der Waals surface area contributed by atoms with Gasteiger partial charge in [0, 0.05) is 153 Å². The van der Waals surface area contributed by atoms with E-state index in [4.69, 9.17) is 43.0 Å². The van der Waals surface area contributed by atoms with Gasteiger partial charge in [-0.15, -0.1) is 56.7 Å². The van der Waals surface area contributed by atoms with Crippen LogP contribution in [0.1, 0.15) is 77.1 Å². The number of phenols is 4. The molecular weight excluding hydrogens is 1820 g/mol. The van der Waals surface area contributed by atoms with Crippen molar-refractivity contribution in [1.82, 2.24) is 29.8 Å². The summed E-state index contributed by atoms with van der Waals surface area (Å²) in [5, 5.41) is 69.1. The third kappa shape index (κ3) is 20.6. The van der Waals surface area contributed by atoms with Crippen LogP contribution < -0.4 is 39.5 Å². The van der Waals surface area contributed by atoms with Crippen molar-refractivity contribution in [3.63, 3.8) is 0 Å². The zero-order valence-corrected chi connectivity index (χ0v) is 78.6. The first-order chi connectivity index (χ1) is 65.6. The number of nitrogens with zero attached hydrogens (tertiary/aromatic N) is 5. The molecule has 14 aromatic rings. The number of fused-ring (bicyclic) bond motifs is 8. The summed E-state index contributed by atoms with van der Waals surface area (Å²) in [7, 11) is 4.78. The second-order valence-electron chi connectivity index (χ2n) is 33.3. The molecule has 32 heteroatoms. The molecule has 0 radical (unpaired) electrons. The Kier molecular flexibility index (Phi) is 29.0. The summed E-state index contributed by atoms with van der Waals surface area (Å²) in [4.78, 5) is 95.6. The van der Waals surface area contributed by atoms with Gasteiger partial charge in [-0.2, -0.15) is 0 Å². The molecule has 9 aromatic carbocycles. The fraction of sp³-hybridized carbons (Fsp3) is 0.272. The summed E-state index contributed by atoms with van der Waals surface area (Å²) in [5.41, 5.74) is 17.4. The lowest BCUT2D eigenvalue weighted by molar-refractivity contribution is -0.400. The Hall–Kier alpha value is -13.6. The number of hydrogen-bond donors (Lipinski definition) is 7. The van der Waals surface area contributed by atoms with Crippen LogP contribution in [0.25, 0.3) is 84.9 Å². The van der Waals surface area contributed by atoms with Crippen molar-refractivity contribution in [1.29, 1.82) is 0 Å². The number of carbonyl (C=O) groups excluding carboxylic acids is 7. The molecule has 11 heterocycles. The van der Waals surface area contributed by atoms with Gasteiger partial charge < -0.3 is 94.1 Å². The molecule has 0 spiro atoms. The number of rotatable bonds is 15. The summed E-state index contributed by atoms with van der Waals surface area (Å²) in [6.45, 7) is 6.84. The lowest BCUT2D eigenvalue weighted by atomic mass is 9.75. The second kappa shape index (κ2) is 41.9. The first-order valence-corrected chi connectivity index (χ1v) is 48.6. The number of thiophene rings is 5. The fourth-order valence-electron chi connectivity index (χ4n) is 17.9. The molecule has 5 aromatic heterocycles. The van der Waals surface area contributed by atoms with Gasteiger partial charge in [-0.25, -0.2) is 4.79 Å². The number of quaternary nitrogens is 1. The smallest absolute Gasteiger partial charge is 0.410 e. The van der Waals surface area contributed by atoms with Gasteiger partial charge in [0.15, 0.2) is 69.3 Å². The quantitative estimate of drug-likeness (QED) is 0.0501. The number of ketones is 1. The number of carbonyl (C=O) groups is 7. The third-order valence-corrected chi connectivity index (χ3v) is 29.4. The average molecular weight is 1920 g/mol. The standard InChI is InChI=1S/C22H20N2O5S.2C21H21NO4S.C20H20N2O3S.C19H17NO4S/c25-18-10-14(17-13-30-19-4-2-1-3-16(17)19)9-15-11-23(5-7-28-21(15)18)20(26)12-24-6-8-29-22(24)27;1-25-17-6-5-12(10-18(17)26-2)13-8-15-21(16(23)9-13)14(11-20(24)22-15)19-4-3-7-27-19;1-25-8-6-20(24)22-7-9-26-21-15(12-22)10-14(11-18(21)23)17-13-27-19-5-3-2-4-16(17)19;1-12(21)20(24)22-6-7-25-19-14(10-22)8-13(9-17(19)23)16-11-26-18-5-3-2-4-15(16)18;21-10-18(23)20-5-6-24-19-13(9-20)7-12(8-16(19)22)15-11-25-17-4-2-1-3-14(15)17/h1-4,9-10,13,25H,5-8,11-12H2;3-7,10,13-14H,8-9,11H2,1-2H3,(H,22,24);2-5,10-11,13,23H,6-9,12H2,1H3;2-5,8-9,11-12,23H,6-7,10,21H2,1H3;1-4,7-8,11,21-22H,5-6,9-10H2/p+1/t;;;12-;/m...0./s1. The fourth-order valence-corrected chi connectivity index (χ4v) is 22.6. The summed E-state index contributed by atoms with van der Waals surface area (Å²) >= 11 is 8.27. The molecule has 1 saturated heterocycles. The minimum absolute atomic E-state index is 0.00711. The van der Waals surface area contributed by atoms with Crippen LogP contribution in [0.4, 0.5) is 4.79 Å². The predicted octanol–water partition coefficient (Wildman–Crippen LogP) is 16.9. The van der Waals surface area contributed by atoms with Crippen LogP contribution in [0.2, 0.25) is 0 Å². The molecule has 7 aliphatic rings. The molecule has 0 saturated carbocycles. The Labute approximate surface area is 797 Å². The van der Waals surface area contributed by atoms with Crippen LogP contribution >= 0.6 is 56.7 Å².